The van der Waals surface area contributed by atoms with Gasteiger partial charge in [-0.15, -0.1) is 0 Å². The van der Waals surface area contributed by atoms with Gasteiger partial charge in [0.1, 0.15) is 18.1 Å². The van der Waals surface area contributed by atoms with Gasteiger partial charge in [0.25, 0.3) is 0 Å². The second kappa shape index (κ2) is 9.30. The minimum atomic E-state index is -1.53. The predicted molar refractivity (Wildman–Crippen MR) is 114 cm³/mol. The lowest BCUT2D eigenvalue weighted by Gasteiger charge is -2.23. The van der Waals surface area contributed by atoms with Gasteiger partial charge in [0.15, 0.2) is 11.4 Å². The van der Waals surface area contributed by atoms with Crippen molar-refractivity contribution in [2.45, 2.75) is 26.1 Å². The molecule has 1 heterocycles. The molecule has 0 fully saturated rings. The van der Waals surface area contributed by atoms with Crippen LogP contribution in [-0.4, -0.2) is 34.6 Å². The van der Waals surface area contributed by atoms with Gasteiger partial charge in [-0.3, -0.25) is 4.79 Å². The molecule has 0 saturated heterocycles. The highest BCUT2D eigenvalue weighted by molar-refractivity contribution is 6.10. The molecule has 0 saturated carbocycles. The third-order valence-corrected chi connectivity index (χ3v) is 4.54. The molecule has 0 aliphatic rings. The fourth-order valence-electron chi connectivity index (χ4n) is 2.71. The van der Waals surface area contributed by atoms with Crippen LogP contribution in [0.25, 0.3) is 0 Å². The van der Waals surface area contributed by atoms with Gasteiger partial charge < -0.3 is 19.3 Å². The van der Waals surface area contributed by atoms with Gasteiger partial charge in [-0.05, 0) is 37.6 Å². The van der Waals surface area contributed by atoms with Gasteiger partial charge in [0.05, 0.1) is 12.7 Å². The standard InChI is InChI=1S/C24H23NO6/c1-24(2,23(27)28)31-20-13-18(29-3)10-11-19(20)22(26)17-9-12-21(25-14-17)30-15-16-7-5-4-6-8-16/h4-14H,15H2,1-3H3,(H,27,28). The molecule has 0 amide bonds. The molecule has 160 valence electrons. The Morgan fingerprint density at radius 3 is 2.39 bits per heavy atom. The Labute approximate surface area is 180 Å². The molecule has 0 atom stereocenters. The van der Waals surface area contributed by atoms with Gasteiger partial charge in [-0.2, -0.15) is 0 Å². The van der Waals surface area contributed by atoms with E-state index in [1.54, 1.807) is 18.2 Å². The number of methoxy groups -OCH3 is 1. The average Bonchev–Trinajstić information content (AvgIpc) is 2.78. The van der Waals surface area contributed by atoms with Crippen molar-refractivity contribution in [2.24, 2.45) is 0 Å². The van der Waals surface area contributed by atoms with E-state index in [1.165, 1.54) is 39.3 Å². The zero-order valence-corrected chi connectivity index (χ0v) is 17.5. The van der Waals surface area contributed by atoms with E-state index in [1.807, 2.05) is 30.3 Å². The molecule has 1 N–H and O–H groups in total. The van der Waals surface area contributed by atoms with Crippen LogP contribution in [-0.2, 0) is 11.4 Å². The van der Waals surface area contributed by atoms with Gasteiger partial charge in [-0.25, -0.2) is 9.78 Å². The minimum absolute atomic E-state index is 0.112. The molecule has 0 bridgehead atoms. The van der Waals surface area contributed by atoms with Gasteiger partial charge in [0.2, 0.25) is 5.88 Å². The summed E-state index contributed by atoms with van der Waals surface area (Å²) < 4.78 is 16.5. The minimum Gasteiger partial charge on any atom is -0.497 e. The number of ketones is 1. The molecule has 0 aliphatic carbocycles. The number of rotatable bonds is 9. The van der Waals surface area contributed by atoms with E-state index >= 15 is 0 Å². The third kappa shape index (κ3) is 5.39. The summed E-state index contributed by atoms with van der Waals surface area (Å²) in [6.45, 7) is 3.18. The number of benzene rings is 2. The molecular formula is C24H23NO6. The number of aliphatic carboxylic acids is 1. The van der Waals surface area contributed by atoms with Gasteiger partial charge in [0, 0.05) is 23.9 Å². The Balaban J connectivity index is 1.81. The predicted octanol–water partition coefficient (Wildman–Crippen LogP) is 4.14. The Kier molecular flexibility index (Phi) is 6.55. The monoisotopic (exact) mass is 421 g/mol. The second-order valence-corrected chi connectivity index (χ2v) is 7.27. The van der Waals surface area contributed by atoms with E-state index in [9.17, 15) is 14.7 Å². The van der Waals surface area contributed by atoms with Crippen LogP contribution in [0.3, 0.4) is 0 Å². The van der Waals surface area contributed by atoms with Crippen molar-refractivity contribution in [3.8, 4) is 17.4 Å². The third-order valence-electron chi connectivity index (χ3n) is 4.54. The summed E-state index contributed by atoms with van der Waals surface area (Å²) in [7, 11) is 1.47. The molecular weight excluding hydrogens is 398 g/mol. The van der Waals surface area contributed by atoms with Crippen molar-refractivity contribution in [3.63, 3.8) is 0 Å². The summed E-state index contributed by atoms with van der Waals surface area (Å²) in [5, 5.41) is 9.37. The maximum absolute atomic E-state index is 13.1. The number of carbonyl (C=O) groups is 2. The summed E-state index contributed by atoms with van der Waals surface area (Å²) in [5.74, 6) is -0.577. The Morgan fingerprint density at radius 2 is 1.77 bits per heavy atom. The first-order chi connectivity index (χ1) is 14.8. The van der Waals surface area contributed by atoms with Crippen molar-refractivity contribution in [3.05, 3.63) is 83.6 Å². The van der Waals surface area contributed by atoms with Crippen molar-refractivity contribution in [1.29, 1.82) is 0 Å². The van der Waals surface area contributed by atoms with E-state index in [0.717, 1.165) is 5.56 Å². The molecule has 0 radical (unpaired) electrons. The molecule has 2 aromatic carbocycles. The summed E-state index contributed by atoms with van der Waals surface area (Å²) in [5.41, 5.74) is -0.00924. The van der Waals surface area contributed by atoms with E-state index in [4.69, 9.17) is 14.2 Å². The van der Waals surface area contributed by atoms with Crippen LogP contribution < -0.4 is 14.2 Å². The van der Waals surface area contributed by atoms with Crippen molar-refractivity contribution in [2.75, 3.05) is 7.11 Å². The molecule has 1 aromatic heterocycles. The lowest BCUT2D eigenvalue weighted by molar-refractivity contribution is -0.152. The summed E-state index contributed by atoms with van der Waals surface area (Å²) in [4.78, 5) is 28.7. The van der Waals surface area contributed by atoms with Crippen molar-refractivity contribution < 1.29 is 28.9 Å². The largest absolute Gasteiger partial charge is 0.497 e. The molecule has 7 heteroatoms. The van der Waals surface area contributed by atoms with Crippen LogP contribution in [0, 0.1) is 0 Å². The van der Waals surface area contributed by atoms with E-state index in [0.29, 0.717) is 23.8 Å². The number of nitrogens with zero attached hydrogens (tertiary/aromatic N) is 1. The van der Waals surface area contributed by atoms with Crippen LogP contribution in [0.4, 0.5) is 0 Å². The second-order valence-electron chi connectivity index (χ2n) is 7.27. The zero-order valence-electron chi connectivity index (χ0n) is 17.5. The van der Waals surface area contributed by atoms with Crippen LogP contribution in [0.5, 0.6) is 17.4 Å². The van der Waals surface area contributed by atoms with Crippen LogP contribution >= 0.6 is 0 Å². The Hall–Kier alpha value is -3.87. The number of ether oxygens (including phenoxy) is 3. The Morgan fingerprint density at radius 1 is 1.03 bits per heavy atom. The van der Waals surface area contributed by atoms with Crippen molar-refractivity contribution in [1.82, 2.24) is 4.98 Å². The first-order valence-electron chi connectivity index (χ1n) is 9.58. The van der Waals surface area contributed by atoms with Crippen LogP contribution in [0.2, 0.25) is 0 Å². The van der Waals surface area contributed by atoms with Crippen LogP contribution in [0.1, 0.15) is 35.3 Å². The Bertz CT molecular complexity index is 1060. The first-order valence-corrected chi connectivity index (χ1v) is 9.58. The zero-order chi connectivity index (χ0) is 22.4. The highest BCUT2D eigenvalue weighted by atomic mass is 16.5. The van der Waals surface area contributed by atoms with Crippen molar-refractivity contribution >= 4 is 11.8 Å². The maximum Gasteiger partial charge on any atom is 0.347 e. The highest BCUT2D eigenvalue weighted by Gasteiger charge is 2.31. The lowest BCUT2D eigenvalue weighted by atomic mass is 10.0. The van der Waals surface area contributed by atoms with Crippen LogP contribution in [0.15, 0.2) is 66.9 Å². The highest BCUT2D eigenvalue weighted by Crippen LogP contribution is 2.30. The fourth-order valence-corrected chi connectivity index (χ4v) is 2.71. The summed E-state index contributed by atoms with van der Waals surface area (Å²) >= 11 is 0. The fraction of sp³-hybridized carbons (Fsp3) is 0.208. The summed E-state index contributed by atoms with van der Waals surface area (Å²) in [6.07, 6.45) is 1.42. The molecule has 3 rings (SSSR count). The van der Waals surface area contributed by atoms with Gasteiger partial charge in [-0.1, -0.05) is 30.3 Å². The number of hydrogen-bond acceptors (Lipinski definition) is 6. The first kappa shape index (κ1) is 21.8. The normalized spacial score (nSPS) is 10.9. The summed E-state index contributed by atoms with van der Waals surface area (Å²) in [6, 6.07) is 17.5. The number of pyridine rings is 1. The molecule has 0 aliphatic heterocycles. The smallest absolute Gasteiger partial charge is 0.347 e. The number of carbonyl (C=O) groups excluding carboxylic acids is 1. The number of carboxylic acid groups (broad SMARTS) is 1. The number of hydrogen-bond donors (Lipinski definition) is 1. The molecule has 3 aromatic rings. The SMILES string of the molecule is COc1ccc(C(=O)c2ccc(OCc3ccccc3)nc2)c(OC(C)(C)C(=O)O)c1. The van der Waals surface area contributed by atoms with E-state index in [2.05, 4.69) is 4.98 Å². The molecule has 31 heavy (non-hydrogen) atoms. The van der Waals surface area contributed by atoms with E-state index in [-0.39, 0.29) is 17.1 Å². The van der Waals surface area contributed by atoms with Gasteiger partial charge >= 0.3 is 5.97 Å². The topological polar surface area (TPSA) is 95.0 Å². The number of carboxylic acids is 1. The van der Waals surface area contributed by atoms with E-state index < -0.39 is 11.6 Å². The number of aromatic nitrogens is 1. The molecule has 0 unspecified atom stereocenters. The maximum atomic E-state index is 13.1. The lowest BCUT2D eigenvalue weighted by Crippen LogP contribution is -2.38. The molecule has 0 spiro atoms. The quantitative estimate of drug-likeness (QED) is 0.519. The molecule has 7 nitrogen and oxygen atoms in total. The average molecular weight is 421 g/mol.